The number of fused-ring (bicyclic) bond motifs is 6. The molecule has 0 radical (unpaired) electrons. The van der Waals surface area contributed by atoms with Crippen LogP contribution in [-0.4, -0.2) is 202 Å². The van der Waals surface area contributed by atoms with Gasteiger partial charge in [0.05, 0.1) is 51.3 Å². The summed E-state index contributed by atoms with van der Waals surface area (Å²) in [5.74, 6) is -0.406. The number of aliphatic hydroxyl groups is 1. The van der Waals surface area contributed by atoms with Gasteiger partial charge in [-0.1, -0.05) is 61.2 Å². The Morgan fingerprint density at radius 2 is 0.929 bits per heavy atom. The maximum Gasteiger partial charge on any atom is 0.386 e. The van der Waals surface area contributed by atoms with Crippen molar-refractivity contribution in [1.29, 1.82) is 0 Å². The van der Waals surface area contributed by atoms with Crippen LogP contribution in [0.2, 0.25) is 0 Å². The predicted octanol–water partition coefficient (Wildman–Crippen LogP) is 2.02. The fraction of sp³-hybridized carbons (Fsp3) is 0.649. The molecule has 5 aromatic heterocycles. The molecule has 0 aromatic carbocycles. The molecule has 0 aliphatic carbocycles. The molecule has 618 valence electrons. The zero-order valence-electron chi connectivity index (χ0n) is 60.1. The number of nitrogen functional groups attached to an aromatic ring is 3. The van der Waals surface area contributed by atoms with Crippen LogP contribution in [-0.2, 0) is 111 Å². The van der Waals surface area contributed by atoms with Crippen LogP contribution in [0.15, 0.2) is 70.6 Å². The van der Waals surface area contributed by atoms with Gasteiger partial charge in [0.25, 0.3) is 11.1 Å². The van der Waals surface area contributed by atoms with Gasteiger partial charge >= 0.3 is 62.4 Å². The third kappa shape index (κ3) is 16.2. The van der Waals surface area contributed by atoms with Crippen molar-refractivity contribution in [1.82, 2.24) is 47.8 Å². The molecule has 45 nitrogen and oxygen atoms in total. The fourth-order valence-corrected chi connectivity index (χ4v) is 21.5. The maximum absolute atomic E-state index is 15.4. The number of nitrogens with zero attached hydrogens (tertiary/aromatic N) is 8. The first kappa shape index (κ1) is 85.4. The first-order valence-electron chi connectivity index (χ1n) is 33.7. The Kier molecular flexibility index (Phi) is 24.1. The molecule has 8 saturated heterocycles. The van der Waals surface area contributed by atoms with E-state index in [1.807, 2.05) is 0 Å². The highest BCUT2D eigenvalue weighted by Gasteiger charge is 2.73. The van der Waals surface area contributed by atoms with E-state index < -0.39 is 240 Å². The van der Waals surface area contributed by atoms with Crippen molar-refractivity contribution < 1.29 is 116 Å². The van der Waals surface area contributed by atoms with Crippen LogP contribution >= 0.6 is 95.2 Å². The highest BCUT2D eigenvalue weighted by Crippen LogP contribution is 2.67. The van der Waals surface area contributed by atoms with Gasteiger partial charge in [-0.2, -0.15) is 15.0 Å². The highest BCUT2D eigenvalue weighted by molar-refractivity contribution is 8.45. The van der Waals surface area contributed by atoms with Crippen LogP contribution in [0, 0.1) is 27.7 Å². The lowest BCUT2D eigenvalue weighted by molar-refractivity contribution is -0.219. The van der Waals surface area contributed by atoms with Crippen LogP contribution in [0.1, 0.15) is 80.6 Å². The van der Waals surface area contributed by atoms with Gasteiger partial charge in [0.1, 0.15) is 108 Å². The molecule has 13 heterocycles. The number of methoxy groups -OCH3 is 1. The summed E-state index contributed by atoms with van der Waals surface area (Å²) in [7, 11) is 2.27. The van der Waals surface area contributed by atoms with E-state index in [-0.39, 0.29) is 40.6 Å². The first-order valence-corrected chi connectivity index (χ1v) is 47.2. The minimum Gasteiger partial charge on any atom is -0.393 e. The quantitative estimate of drug-likeness (QED) is 0.0231. The molecule has 27 atom stereocenters. The Bertz CT molecular complexity index is 5220. The maximum atomic E-state index is 15.4. The van der Waals surface area contributed by atoms with Gasteiger partial charge in [0.15, 0.2) is 24.9 Å². The van der Waals surface area contributed by atoms with Gasteiger partial charge in [-0.25, -0.2) is 46.8 Å². The first-order chi connectivity index (χ1) is 52.4. The van der Waals surface area contributed by atoms with Crippen molar-refractivity contribution in [3.8, 4) is 0 Å². The smallest absolute Gasteiger partial charge is 0.386 e. The second-order valence-corrected chi connectivity index (χ2v) is 41.8. The number of nitrogens with two attached hydrogens (primary N) is 3. The molecule has 8 aliphatic rings. The minimum absolute atomic E-state index is 0.0167. The van der Waals surface area contributed by atoms with E-state index in [2.05, 4.69) is 86.2 Å². The molecule has 0 saturated carbocycles. The van der Waals surface area contributed by atoms with Crippen molar-refractivity contribution in [2.75, 3.05) is 64.5 Å². The molecule has 8 aliphatic heterocycles. The molecular weight excluding hydrogens is 1690 g/mol. The van der Waals surface area contributed by atoms with Crippen LogP contribution in [0.3, 0.4) is 0 Å². The van der Waals surface area contributed by atoms with E-state index in [1.54, 1.807) is 6.92 Å². The minimum atomic E-state index is -5.07. The summed E-state index contributed by atoms with van der Waals surface area (Å²) >= 11 is 21.4. The summed E-state index contributed by atoms with van der Waals surface area (Å²) in [4.78, 5) is 108. The molecule has 112 heavy (non-hydrogen) atoms. The second kappa shape index (κ2) is 31.7. The van der Waals surface area contributed by atoms with Gasteiger partial charge < -0.3 is 69.5 Å². The standard InChI is InChI=1S/C57H78N13O32P5S5/c1-22-13-67(51(75)62-42(22)59)33-12-29(98-104(80,109)87-18-31-34(99-103(79,108)85-9)35(84-8)46(94-31)66-11-10-32(58)61-50(66)74)30(93-33)17-86-105(81,110)101-40-37-48(68-14-23(2)43(60)63-52(68)76)96-56(40,27(6)91-37)20-89-107(83,112)102-41-38-49(70-16-25(4)45(73)65-54(70)78)97-57(41,28(7)92-38)21-88-106(82,111)100-39-36-47(95-55(39,19-71)26(5)90-36)69-15-24(3)44(72)64-53(69)77/h10-11,13-16,26-31,33-41,46-49,71H,12,17-21H2,1-9H3,(H,79,108)(H,80,109)(H,81,110)(H,82,111)(H,83,112)(H2,58,61,74)(H2,59,62,75)(H2,60,63,76)(H,64,72,77)(H,65,73,78)/t26-,27-,28-,29?,30+,31+,33+,34?,35-,36-,37-,38-,39?,40?,41?,46+,47+,48+,49+,55-,56-,57-,103?,104?,105?,106?,107?/m0/s1. The number of H-pyrrole nitrogens is 2. The van der Waals surface area contributed by atoms with Gasteiger partial charge in [0.2, 0.25) is 0 Å². The Morgan fingerprint density at radius 1 is 0.509 bits per heavy atom. The Hall–Kier alpha value is -4.50. The third-order valence-corrected chi connectivity index (χ3v) is 28.6. The number of hydrogen-bond donors (Lipinski definition) is 11. The van der Waals surface area contributed by atoms with Gasteiger partial charge in [-0.3, -0.25) is 83.1 Å². The number of nitrogens with one attached hydrogen (secondary N) is 2. The lowest BCUT2D eigenvalue weighted by atomic mass is 9.94. The summed E-state index contributed by atoms with van der Waals surface area (Å²) in [5, 5.41) is 10.9. The van der Waals surface area contributed by atoms with Crippen LogP contribution in [0.4, 0.5) is 17.5 Å². The number of aromatic amines is 2. The van der Waals surface area contributed by atoms with E-state index >= 15 is 9.13 Å². The molecular formula is C57H78N13O32P5S5. The molecule has 10 unspecified atom stereocenters. The van der Waals surface area contributed by atoms with E-state index in [9.17, 15) is 52.4 Å². The Labute approximate surface area is 657 Å². The predicted molar refractivity (Wildman–Crippen MR) is 400 cm³/mol. The van der Waals surface area contributed by atoms with Crippen molar-refractivity contribution in [2.45, 2.75) is 188 Å². The van der Waals surface area contributed by atoms with Crippen molar-refractivity contribution in [3.05, 3.63) is 132 Å². The van der Waals surface area contributed by atoms with Crippen molar-refractivity contribution in [3.63, 3.8) is 0 Å². The van der Waals surface area contributed by atoms with Crippen LogP contribution in [0.25, 0.3) is 0 Å². The van der Waals surface area contributed by atoms with Gasteiger partial charge in [0, 0.05) is 73.9 Å². The lowest BCUT2D eigenvalue weighted by Gasteiger charge is -2.38. The van der Waals surface area contributed by atoms with E-state index in [4.69, 9.17) is 105 Å². The molecule has 5 aromatic rings. The van der Waals surface area contributed by atoms with E-state index in [0.29, 0.717) is 5.56 Å². The summed E-state index contributed by atoms with van der Waals surface area (Å²) in [6.45, 7) is -17.9. The molecule has 8 fully saturated rings. The number of ether oxygens (including phenoxy) is 9. The molecule has 6 bridgehead atoms. The molecule has 0 spiro atoms. The van der Waals surface area contributed by atoms with Gasteiger partial charge in [-0.05, 0) is 54.5 Å². The Balaban J connectivity index is 0.761. The highest BCUT2D eigenvalue weighted by atomic mass is 32.7. The molecule has 55 heteroatoms. The van der Waals surface area contributed by atoms with E-state index in [1.165, 1.54) is 79.5 Å². The number of aromatic nitrogens is 10. The van der Waals surface area contributed by atoms with Crippen LogP contribution in [0.5, 0.6) is 0 Å². The molecule has 0 amide bonds. The van der Waals surface area contributed by atoms with E-state index in [0.717, 1.165) is 36.1 Å². The molecule has 9 N–H and O–H groups in total. The lowest BCUT2D eigenvalue weighted by Crippen LogP contribution is -2.52. The summed E-state index contributed by atoms with van der Waals surface area (Å²) < 4.78 is 194. The average Bonchev–Trinajstić information content (AvgIpc) is 1.56. The zero-order chi connectivity index (χ0) is 81.4. The largest absolute Gasteiger partial charge is 0.393 e. The second-order valence-electron chi connectivity index (χ2n) is 27.4. The average molecular weight is 1770 g/mol. The van der Waals surface area contributed by atoms with Crippen LogP contribution < -0.4 is 56.8 Å². The molecule has 13 rings (SSSR count). The number of aryl methyl sites for hydroxylation is 4. The zero-order valence-corrected chi connectivity index (χ0v) is 69.0. The van der Waals surface area contributed by atoms with Crippen molar-refractivity contribution >= 4 is 113 Å². The number of aliphatic hydroxyl groups excluding tert-OH is 1. The summed E-state index contributed by atoms with van der Waals surface area (Å²) in [6, 6.07) is 1.29. The number of thiol groups is 5. The topological polar surface area (TPSA) is 573 Å². The summed E-state index contributed by atoms with van der Waals surface area (Å²) in [5.41, 5.74) is 6.14. The number of rotatable bonds is 30. The SMILES string of the molecule is CO[C@H]1C(OP(=O)(S)OC)[C@@H](COP(=O)(S)OC2C[C@H](n3cc(C)c(N)nc3=O)O[C@@H]2COP(=O)(S)OC2[C@@H]3O[C@@H](C)[C@]2(COP(=O)(S)OC2[C@@H]4O[C@@H](C)[C@]2(COP(=O)(S)OC2[C@@H]5O[C@@H](C)[C@]2(CO)O[C@H]5n2cc(C)c(=O)[nH]c2=O)O[C@H]4n2cc(C)c(=O)[nH]c2=O)O[C@H]3n2cc(C)c(N)nc2=O)O[C@H]1n1ccc(N)nc1=O. The number of anilines is 3. The monoisotopic (exact) mass is 1770 g/mol. The van der Waals surface area contributed by atoms with Crippen molar-refractivity contribution in [2.24, 2.45) is 0 Å². The van der Waals surface area contributed by atoms with Gasteiger partial charge in [-0.15, -0.1) is 0 Å². The third-order valence-electron chi connectivity index (χ3n) is 20.4. The fourth-order valence-electron chi connectivity index (χ4n) is 14.5. The summed E-state index contributed by atoms with van der Waals surface area (Å²) in [6.07, 6.45) is -21.4. The number of hydrogen-bond acceptors (Lipinski definition) is 38. The normalized spacial score (nSPS) is 35.9. The Morgan fingerprint density at radius 3 is 1.41 bits per heavy atom.